The molecule has 0 aromatic heterocycles. The third-order valence-electron chi connectivity index (χ3n) is 7.10. The molecule has 0 N–H and O–H groups in total. The zero-order chi connectivity index (χ0) is 22.9. The van der Waals surface area contributed by atoms with Crippen molar-refractivity contribution in [2.24, 2.45) is 17.8 Å². The van der Waals surface area contributed by atoms with Crippen molar-refractivity contribution < 1.29 is 13.9 Å². The highest BCUT2D eigenvalue weighted by molar-refractivity contribution is 5.83. The monoisotopic (exact) mass is 441 g/mol. The Kier molecular flexibility index (Phi) is 5.76. The number of fused-ring (bicyclic) bond motifs is 1. The van der Waals surface area contributed by atoms with Crippen molar-refractivity contribution >= 4 is 5.91 Å². The van der Waals surface area contributed by atoms with Gasteiger partial charge in [-0.25, -0.2) is 4.39 Å². The summed E-state index contributed by atoms with van der Waals surface area (Å²) in [6.45, 7) is 2.61. The summed E-state index contributed by atoms with van der Waals surface area (Å²) >= 11 is 0. The van der Waals surface area contributed by atoms with Crippen LogP contribution in [0.1, 0.15) is 30.5 Å². The number of halogens is 1. The number of allylic oxidation sites excluding steroid dienone is 1. The van der Waals surface area contributed by atoms with Gasteiger partial charge in [0.15, 0.2) is 0 Å². The third-order valence-corrected chi connectivity index (χ3v) is 7.10. The van der Waals surface area contributed by atoms with Gasteiger partial charge in [0.05, 0.1) is 13.2 Å². The van der Waals surface area contributed by atoms with E-state index in [1.165, 1.54) is 0 Å². The van der Waals surface area contributed by atoms with Crippen LogP contribution in [0.15, 0.2) is 84.9 Å². The average molecular weight is 442 g/mol. The molecule has 0 bridgehead atoms. The maximum Gasteiger partial charge on any atom is 0.227 e. The molecule has 3 aromatic carbocycles. The number of rotatable bonds is 5. The highest BCUT2D eigenvalue weighted by Crippen LogP contribution is 2.49. The second-order valence-electron chi connectivity index (χ2n) is 9.11. The van der Waals surface area contributed by atoms with Crippen LogP contribution >= 0.6 is 0 Å². The summed E-state index contributed by atoms with van der Waals surface area (Å²) < 4.78 is 20.9. The summed E-state index contributed by atoms with van der Waals surface area (Å²) in [5.41, 5.74) is 3.38. The molecule has 1 saturated heterocycles. The third kappa shape index (κ3) is 3.95. The molecule has 33 heavy (non-hydrogen) atoms. The van der Waals surface area contributed by atoms with E-state index in [4.69, 9.17) is 4.74 Å². The molecule has 1 heterocycles. The minimum atomic E-state index is -0.313. The first-order chi connectivity index (χ1) is 16.1. The van der Waals surface area contributed by atoms with Gasteiger partial charge in [-0.05, 0) is 47.2 Å². The summed E-state index contributed by atoms with van der Waals surface area (Å²) in [6.07, 6.45) is 5.18. The molecule has 1 amide bonds. The SMILES string of the molecule is COc1ccc(-c2ccc([C@H]3[C@@H]4C=CC[C@H](C)[C@H]4C(=O)N3Cc3ccccc3)c(F)c2)cc1. The van der Waals surface area contributed by atoms with E-state index in [1.54, 1.807) is 13.2 Å². The molecule has 3 nitrogen and oxygen atoms in total. The molecule has 0 saturated carbocycles. The van der Waals surface area contributed by atoms with Gasteiger partial charge in [-0.2, -0.15) is 0 Å². The predicted molar refractivity (Wildman–Crippen MR) is 128 cm³/mol. The topological polar surface area (TPSA) is 29.5 Å². The molecule has 2 aliphatic rings. The lowest BCUT2D eigenvalue weighted by Gasteiger charge is -2.30. The fourth-order valence-corrected chi connectivity index (χ4v) is 5.40. The smallest absolute Gasteiger partial charge is 0.227 e. The Bertz CT molecular complexity index is 1170. The summed E-state index contributed by atoms with van der Waals surface area (Å²) in [7, 11) is 1.63. The fourth-order valence-electron chi connectivity index (χ4n) is 5.40. The van der Waals surface area contributed by atoms with Crippen molar-refractivity contribution in [3.8, 4) is 16.9 Å². The van der Waals surface area contributed by atoms with Gasteiger partial charge in [0, 0.05) is 23.9 Å². The summed E-state index contributed by atoms with van der Waals surface area (Å²) in [5, 5.41) is 0. The second kappa shape index (κ2) is 8.86. The fraction of sp³-hybridized carbons (Fsp3) is 0.276. The molecule has 4 heteroatoms. The molecule has 0 radical (unpaired) electrons. The van der Waals surface area contributed by atoms with Crippen LogP contribution in [0.3, 0.4) is 0 Å². The molecule has 1 aliphatic carbocycles. The number of carbonyl (C=O) groups excluding carboxylic acids is 1. The number of methoxy groups -OCH3 is 1. The number of carbonyl (C=O) groups is 1. The molecule has 4 atom stereocenters. The molecular formula is C29H28FNO2. The molecule has 168 valence electrons. The van der Waals surface area contributed by atoms with E-state index in [2.05, 4.69) is 19.1 Å². The molecular weight excluding hydrogens is 413 g/mol. The molecule has 5 rings (SSSR count). The Morgan fingerprint density at radius 2 is 1.73 bits per heavy atom. The normalized spacial score (nSPS) is 24.1. The Labute approximate surface area is 194 Å². The van der Waals surface area contributed by atoms with E-state index in [0.717, 1.165) is 28.9 Å². The quantitative estimate of drug-likeness (QED) is 0.428. The first-order valence-corrected chi connectivity index (χ1v) is 11.5. The number of likely N-dealkylation sites (tertiary alicyclic amines) is 1. The average Bonchev–Trinajstić information content (AvgIpc) is 3.12. The van der Waals surface area contributed by atoms with Crippen LogP contribution in [0, 0.1) is 23.6 Å². The van der Waals surface area contributed by atoms with Gasteiger partial charge in [-0.3, -0.25) is 4.79 Å². The number of ether oxygens (including phenoxy) is 1. The van der Waals surface area contributed by atoms with Crippen LogP contribution in [-0.2, 0) is 11.3 Å². The van der Waals surface area contributed by atoms with Crippen molar-refractivity contribution in [3.05, 3.63) is 102 Å². The lowest BCUT2D eigenvalue weighted by atomic mass is 9.75. The van der Waals surface area contributed by atoms with Crippen LogP contribution in [-0.4, -0.2) is 17.9 Å². The first-order valence-electron chi connectivity index (χ1n) is 11.5. The maximum absolute atomic E-state index is 15.6. The highest BCUT2D eigenvalue weighted by Gasteiger charge is 2.50. The van der Waals surface area contributed by atoms with Gasteiger partial charge in [0.25, 0.3) is 0 Å². The molecule has 1 fully saturated rings. The van der Waals surface area contributed by atoms with Crippen LogP contribution in [0.4, 0.5) is 4.39 Å². The molecule has 0 spiro atoms. The molecule has 3 aromatic rings. The van der Waals surface area contributed by atoms with Crippen molar-refractivity contribution in [1.29, 1.82) is 0 Å². The summed E-state index contributed by atoms with van der Waals surface area (Å²) in [6, 6.07) is 22.7. The molecule has 0 unspecified atom stereocenters. The predicted octanol–water partition coefficient (Wildman–Crippen LogP) is 6.41. The summed E-state index contributed by atoms with van der Waals surface area (Å²) in [4.78, 5) is 15.4. The van der Waals surface area contributed by atoms with Crippen LogP contribution in [0.2, 0.25) is 0 Å². The lowest BCUT2D eigenvalue weighted by molar-refractivity contribution is -0.134. The first kappa shape index (κ1) is 21.4. The van der Waals surface area contributed by atoms with Crippen molar-refractivity contribution in [2.45, 2.75) is 25.9 Å². The maximum atomic E-state index is 15.6. The number of amides is 1. The van der Waals surface area contributed by atoms with E-state index < -0.39 is 0 Å². The van der Waals surface area contributed by atoms with Gasteiger partial charge in [-0.1, -0.05) is 73.7 Å². The zero-order valence-electron chi connectivity index (χ0n) is 18.9. The van der Waals surface area contributed by atoms with Crippen molar-refractivity contribution in [3.63, 3.8) is 0 Å². The van der Waals surface area contributed by atoms with E-state index in [0.29, 0.717) is 12.1 Å². The minimum absolute atomic E-state index is 0.0219. The standard InChI is InChI=1S/C29H28FNO2/c1-19-7-6-10-25-27(19)29(32)31(18-20-8-4-3-5-9-20)28(25)24-16-13-22(17-26(24)30)21-11-14-23(33-2)15-12-21/h3-6,8-17,19,25,27-28H,7,18H2,1-2H3/t19-,25+,27+,28-/m0/s1. The number of hydrogen-bond donors (Lipinski definition) is 0. The Morgan fingerprint density at radius 1 is 1.00 bits per heavy atom. The van der Waals surface area contributed by atoms with Crippen molar-refractivity contribution in [1.82, 2.24) is 4.90 Å². The largest absolute Gasteiger partial charge is 0.497 e. The van der Waals surface area contributed by atoms with Crippen LogP contribution in [0.25, 0.3) is 11.1 Å². The van der Waals surface area contributed by atoms with Gasteiger partial charge < -0.3 is 9.64 Å². The van der Waals surface area contributed by atoms with Crippen LogP contribution < -0.4 is 4.74 Å². The number of hydrogen-bond acceptors (Lipinski definition) is 2. The van der Waals surface area contributed by atoms with Gasteiger partial charge in [-0.15, -0.1) is 0 Å². The zero-order valence-corrected chi connectivity index (χ0v) is 18.9. The van der Waals surface area contributed by atoms with Gasteiger partial charge in [0.1, 0.15) is 11.6 Å². The van der Waals surface area contributed by atoms with E-state index in [1.807, 2.05) is 71.6 Å². The van der Waals surface area contributed by atoms with Gasteiger partial charge in [0.2, 0.25) is 5.91 Å². The Balaban J connectivity index is 1.53. The number of nitrogens with zero attached hydrogens (tertiary/aromatic N) is 1. The number of benzene rings is 3. The minimum Gasteiger partial charge on any atom is -0.497 e. The second-order valence-corrected chi connectivity index (χ2v) is 9.11. The lowest BCUT2D eigenvalue weighted by Crippen LogP contribution is -2.31. The van der Waals surface area contributed by atoms with E-state index in [-0.39, 0.29) is 35.5 Å². The Morgan fingerprint density at radius 3 is 2.42 bits per heavy atom. The van der Waals surface area contributed by atoms with E-state index in [9.17, 15) is 4.79 Å². The molecule has 1 aliphatic heterocycles. The van der Waals surface area contributed by atoms with E-state index >= 15 is 4.39 Å². The summed E-state index contributed by atoms with van der Waals surface area (Å²) in [5.74, 6) is 0.741. The van der Waals surface area contributed by atoms with Crippen LogP contribution in [0.5, 0.6) is 5.75 Å². The van der Waals surface area contributed by atoms with Gasteiger partial charge >= 0.3 is 0 Å². The Hall–Kier alpha value is -3.40. The van der Waals surface area contributed by atoms with Crippen molar-refractivity contribution in [2.75, 3.05) is 7.11 Å². The highest BCUT2D eigenvalue weighted by atomic mass is 19.1.